The van der Waals surface area contributed by atoms with Crippen molar-refractivity contribution in [1.82, 2.24) is 19.7 Å². The first-order valence-corrected chi connectivity index (χ1v) is 9.61. The number of fused-ring (bicyclic) bond motifs is 1. The van der Waals surface area contributed by atoms with E-state index in [4.69, 9.17) is 0 Å². The number of carbonyl (C=O) groups is 1. The van der Waals surface area contributed by atoms with E-state index < -0.39 is 0 Å². The molecule has 0 aliphatic rings. The lowest BCUT2D eigenvalue weighted by molar-refractivity contribution is 0.102. The first-order chi connectivity index (χ1) is 13.8. The minimum atomic E-state index is -0.260. The first-order valence-electron chi connectivity index (χ1n) is 8.73. The maximum Gasteiger partial charge on any atom is 0.261 e. The fraction of sp³-hybridized carbons (Fsp3) is 0. The molecule has 7 heteroatoms. The molecule has 0 fully saturated rings. The van der Waals surface area contributed by atoms with Crippen LogP contribution in [0.1, 0.15) is 10.4 Å². The molecule has 0 radical (unpaired) electrons. The van der Waals surface area contributed by atoms with E-state index >= 15 is 0 Å². The zero-order valence-corrected chi connectivity index (χ0v) is 15.5. The van der Waals surface area contributed by atoms with Crippen LogP contribution in [0.4, 0.5) is 5.95 Å². The van der Waals surface area contributed by atoms with Crippen LogP contribution in [-0.4, -0.2) is 25.7 Å². The SMILES string of the molecule is O=C(Nc1nc2ccccc2[nH]1)c1cn(-c2ccccc2)nc1-c1cccs1. The molecule has 5 rings (SSSR count). The van der Waals surface area contributed by atoms with Gasteiger partial charge in [-0.3, -0.25) is 10.1 Å². The van der Waals surface area contributed by atoms with Gasteiger partial charge in [0.2, 0.25) is 5.95 Å². The van der Waals surface area contributed by atoms with Crippen molar-refractivity contribution in [1.29, 1.82) is 0 Å². The highest BCUT2D eigenvalue weighted by Gasteiger charge is 2.20. The summed E-state index contributed by atoms with van der Waals surface area (Å²) in [5.41, 5.74) is 3.70. The third-order valence-corrected chi connectivity index (χ3v) is 5.23. The molecule has 6 nitrogen and oxygen atoms in total. The number of nitrogens with zero attached hydrogens (tertiary/aromatic N) is 3. The van der Waals surface area contributed by atoms with Gasteiger partial charge in [0.1, 0.15) is 5.69 Å². The summed E-state index contributed by atoms with van der Waals surface area (Å²) in [6.45, 7) is 0. The van der Waals surface area contributed by atoms with E-state index in [2.05, 4.69) is 20.4 Å². The molecule has 0 unspecified atom stereocenters. The normalized spacial score (nSPS) is 11.0. The van der Waals surface area contributed by atoms with Crippen molar-refractivity contribution in [2.45, 2.75) is 0 Å². The van der Waals surface area contributed by atoms with E-state index in [0.717, 1.165) is 21.6 Å². The molecule has 0 saturated carbocycles. The van der Waals surface area contributed by atoms with Gasteiger partial charge in [0.15, 0.2) is 0 Å². The summed E-state index contributed by atoms with van der Waals surface area (Å²) in [6.07, 6.45) is 1.75. The van der Waals surface area contributed by atoms with E-state index in [0.29, 0.717) is 17.2 Å². The summed E-state index contributed by atoms with van der Waals surface area (Å²) in [4.78, 5) is 21.5. The number of anilines is 1. The maximum atomic E-state index is 13.0. The van der Waals surface area contributed by atoms with Crippen molar-refractivity contribution in [3.05, 3.63) is 83.9 Å². The summed E-state index contributed by atoms with van der Waals surface area (Å²) in [5, 5.41) is 9.49. The highest BCUT2D eigenvalue weighted by molar-refractivity contribution is 7.13. The molecule has 2 N–H and O–H groups in total. The predicted octanol–water partition coefficient (Wildman–Crippen LogP) is 4.73. The van der Waals surface area contributed by atoms with Gasteiger partial charge in [-0.15, -0.1) is 11.3 Å². The van der Waals surface area contributed by atoms with E-state index in [1.807, 2.05) is 72.1 Å². The molecule has 3 heterocycles. The average Bonchev–Trinajstić information content (AvgIpc) is 3.46. The van der Waals surface area contributed by atoms with Crippen LogP contribution < -0.4 is 5.32 Å². The molecular formula is C21H15N5OS. The van der Waals surface area contributed by atoms with Crippen LogP contribution >= 0.6 is 11.3 Å². The first kappa shape index (κ1) is 16.5. The second kappa shape index (κ2) is 6.79. The fourth-order valence-electron chi connectivity index (χ4n) is 3.04. The largest absolute Gasteiger partial charge is 0.324 e. The number of aromatic nitrogens is 4. The highest BCUT2D eigenvalue weighted by Crippen LogP contribution is 2.28. The number of rotatable bonds is 4. The number of H-pyrrole nitrogens is 1. The minimum absolute atomic E-state index is 0.260. The van der Waals surface area contributed by atoms with Crippen molar-refractivity contribution < 1.29 is 4.79 Å². The number of para-hydroxylation sites is 3. The number of thiophene rings is 1. The van der Waals surface area contributed by atoms with Gasteiger partial charge >= 0.3 is 0 Å². The number of amides is 1. The van der Waals surface area contributed by atoms with Crippen molar-refractivity contribution >= 4 is 34.2 Å². The molecule has 2 aromatic carbocycles. The van der Waals surface area contributed by atoms with Gasteiger partial charge in [0.05, 0.1) is 27.2 Å². The van der Waals surface area contributed by atoms with Gasteiger partial charge in [-0.05, 0) is 35.7 Å². The Morgan fingerprint density at radius 3 is 2.61 bits per heavy atom. The number of nitrogens with one attached hydrogen (secondary N) is 2. The van der Waals surface area contributed by atoms with Crippen molar-refractivity contribution in [2.75, 3.05) is 5.32 Å². The number of benzene rings is 2. The van der Waals surface area contributed by atoms with Crippen LogP contribution in [0.15, 0.2) is 78.3 Å². The van der Waals surface area contributed by atoms with Crippen molar-refractivity contribution in [3.63, 3.8) is 0 Å². The monoisotopic (exact) mass is 385 g/mol. The van der Waals surface area contributed by atoms with E-state index in [-0.39, 0.29) is 5.91 Å². The minimum Gasteiger partial charge on any atom is -0.324 e. The zero-order chi connectivity index (χ0) is 18.9. The number of hydrogen-bond donors (Lipinski definition) is 2. The molecule has 5 aromatic rings. The van der Waals surface area contributed by atoms with Crippen molar-refractivity contribution in [3.8, 4) is 16.3 Å². The zero-order valence-electron chi connectivity index (χ0n) is 14.7. The molecule has 0 aliphatic heterocycles. The lowest BCUT2D eigenvalue weighted by Crippen LogP contribution is -2.13. The Morgan fingerprint density at radius 2 is 1.82 bits per heavy atom. The Labute approximate surface area is 164 Å². The molecule has 3 aromatic heterocycles. The molecular weight excluding hydrogens is 370 g/mol. The number of hydrogen-bond acceptors (Lipinski definition) is 4. The van der Waals surface area contributed by atoms with Crippen LogP contribution in [0.5, 0.6) is 0 Å². The lowest BCUT2D eigenvalue weighted by Gasteiger charge is -2.01. The lowest BCUT2D eigenvalue weighted by atomic mass is 10.2. The van der Waals surface area contributed by atoms with Gasteiger partial charge in [0.25, 0.3) is 5.91 Å². The van der Waals surface area contributed by atoms with E-state index in [9.17, 15) is 4.79 Å². The molecule has 28 heavy (non-hydrogen) atoms. The van der Waals surface area contributed by atoms with Crippen LogP contribution in [0, 0.1) is 0 Å². The van der Waals surface area contributed by atoms with Crippen LogP contribution in [0.2, 0.25) is 0 Å². The van der Waals surface area contributed by atoms with Gasteiger partial charge in [-0.2, -0.15) is 5.10 Å². The quantitative estimate of drug-likeness (QED) is 0.470. The smallest absolute Gasteiger partial charge is 0.261 e. The molecule has 136 valence electrons. The molecule has 0 bridgehead atoms. The predicted molar refractivity (Wildman–Crippen MR) is 111 cm³/mol. The summed E-state index contributed by atoms with van der Waals surface area (Å²) >= 11 is 1.55. The highest BCUT2D eigenvalue weighted by atomic mass is 32.1. The molecule has 0 atom stereocenters. The second-order valence-corrected chi connectivity index (χ2v) is 7.15. The Hall–Kier alpha value is -3.71. The summed E-state index contributed by atoms with van der Waals surface area (Å²) in [6, 6.07) is 21.3. The summed E-state index contributed by atoms with van der Waals surface area (Å²) in [7, 11) is 0. The molecule has 1 amide bonds. The van der Waals surface area contributed by atoms with Gasteiger partial charge in [-0.1, -0.05) is 36.4 Å². The topological polar surface area (TPSA) is 75.6 Å². The Bertz CT molecular complexity index is 1220. The van der Waals surface area contributed by atoms with Gasteiger partial charge < -0.3 is 4.98 Å². The maximum absolute atomic E-state index is 13.0. The fourth-order valence-corrected chi connectivity index (χ4v) is 3.76. The van der Waals surface area contributed by atoms with Crippen LogP contribution in [0.3, 0.4) is 0 Å². The molecule has 0 saturated heterocycles. The third-order valence-electron chi connectivity index (χ3n) is 4.36. The number of aromatic amines is 1. The standard InChI is InChI=1S/C21H15N5OS/c27-20(24-21-22-16-9-4-5-10-17(16)23-21)15-13-26(14-7-2-1-3-8-14)25-19(15)18-11-6-12-28-18/h1-13H,(H2,22,23,24,27). The van der Waals surface area contributed by atoms with E-state index in [1.54, 1.807) is 22.2 Å². The number of carbonyl (C=O) groups excluding carboxylic acids is 1. The average molecular weight is 385 g/mol. The Kier molecular flexibility index (Phi) is 3.99. The number of imidazole rings is 1. The summed E-state index contributed by atoms with van der Waals surface area (Å²) in [5.74, 6) is 0.153. The molecule has 0 spiro atoms. The second-order valence-electron chi connectivity index (χ2n) is 6.21. The Morgan fingerprint density at radius 1 is 1.00 bits per heavy atom. The van der Waals surface area contributed by atoms with E-state index in [1.165, 1.54) is 0 Å². The molecule has 0 aliphatic carbocycles. The third kappa shape index (κ3) is 2.97. The van der Waals surface area contributed by atoms with Crippen LogP contribution in [0.25, 0.3) is 27.3 Å². The summed E-state index contributed by atoms with van der Waals surface area (Å²) < 4.78 is 1.72. The van der Waals surface area contributed by atoms with Gasteiger partial charge in [0, 0.05) is 6.20 Å². The van der Waals surface area contributed by atoms with Crippen molar-refractivity contribution in [2.24, 2.45) is 0 Å². The van der Waals surface area contributed by atoms with Crippen LogP contribution in [-0.2, 0) is 0 Å². The van der Waals surface area contributed by atoms with Gasteiger partial charge in [-0.25, -0.2) is 9.67 Å². The Balaban J connectivity index is 1.54.